The van der Waals surface area contributed by atoms with Gasteiger partial charge in [0.15, 0.2) is 5.13 Å². The molecule has 1 N–H and O–H groups in total. The number of rotatable bonds is 6. The first kappa shape index (κ1) is 12.2. The minimum atomic E-state index is 0.112. The molecule has 0 spiro atoms. The van der Waals surface area contributed by atoms with Gasteiger partial charge >= 0.3 is 0 Å². The van der Waals surface area contributed by atoms with E-state index in [4.69, 9.17) is 0 Å². The summed E-state index contributed by atoms with van der Waals surface area (Å²) >= 11 is 1.46. The zero-order valence-electron chi connectivity index (χ0n) is 9.32. The van der Waals surface area contributed by atoms with E-state index in [0.717, 1.165) is 25.7 Å². The lowest BCUT2D eigenvalue weighted by molar-refractivity contribution is -0.120. The molecule has 0 saturated carbocycles. The summed E-state index contributed by atoms with van der Waals surface area (Å²) in [6, 6.07) is 0. The molecule has 0 aromatic carbocycles. The molecule has 4 heteroatoms. The zero-order valence-corrected chi connectivity index (χ0v) is 10.1. The molecule has 1 atom stereocenters. The Kier molecular flexibility index (Phi) is 5.32. The summed E-state index contributed by atoms with van der Waals surface area (Å²) in [5.74, 6) is 0.245. The summed E-state index contributed by atoms with van der Waals surface area (Å²) in [5.41, 5.74) is 0. The lowest BCUT2D eigenvalue weighted by Crippen LogP contribution is -2.22. The number of thiazole rings is 1. The van der Waals surface area contributed by atoms with E-state index in [0.29, 0.717) is 5.13 Å². The highest BCUT2D eigenvalue weighted by molar-refractivity contribution is 7.13. The smallest absolute Gasteiger partial charge is 0.229 e. The molecule has 0 aliphatic carbocycles. The molecular weight excluding hydrogens is 208 g/mol. The van der Waals surface area contributed by atoms with Gasteiger partial charge in [0.05, 0.1) is 0 Å². The van der Waals surface area contributed by atoms with E-state index in [1.165, 1.54) is 11.3 Å². The summed E-state index contributed by atoms with van der Waals surface area (Å²) in [5, 5.41) is 5.42. The molecule has 0 aliphatic heterocycles. The largest absolute Gasteiger partial charge is 0.302 e. The van der Waals surface area contributed by atoms with Crippen molar-refractivity contribution in [2.24, 2.45) is 5.92 Å². The van der Waals surface area contributed by atoms with Gasteiger partial charge in [0.1, 0.15) is 0 Å². The van der Waals surface area contributed by atoms with E-state index in [1.807, 2.05) is 5.38 Å². The Morgan fingerprint density at radius 1 is 1.60 bits per heavy atom. The van der Waals surface area contributed by atoms with Gasteiger partial charge in [0, 0.05) is 17.5 Å². The van der Waals surface area contributed by atoms with Gasteiger partial charge in [-0.25, -0.2) is 4.98 Å². The second kappa shape index (κ2) is 6.56. The fourth-order valence-corrected chi connectivity index (χ4v) is 2.00. The number of hydrogen-bond donors (Lipinski definition) is 1. The fraction of sp³-hybridized carbons (Fsp3) is 0.636. The number of amides is 1. The molecule has 0 unspecified atom stereocenters. The molecule has 1 aromatic rings. The van der Waals surface area contributed by atoms with Crippen molar-refractivity contribution >= 4 is 22.4 Å². The standard InChI is InChI=1S/C11H18N2OS/c1-3-5-6-9(4-2)10(14)13-11-12-7-8-15-11/h7-9H,3-6H2,1-2H3,(H,12,13,14)/t9-/m1/s1. The number of anilines is 1. The first-order valence-electron chi connectivity index (χ1n) is 5.48. The summed E-state index contributed by atoms with van der Waals surface area (Å²) < 4.78 is 0. The van der Waals surface area contributed by atoms with Crippen molar-refractivity contribution in [1.29, 1.82) is 0 Å². The van der Waals surface area contributed by atoms with Crippen molar-refractivity contribution in [3.8, 4) is 0 Å². The van der Waals surface area contributed by atoms with Crippen LogP contribution >= 0.6 is 11.3 Å². The number of aromatic nitrogens is 1. The van der Waals surface area contributed by atoms with Crippen LogP contribution in [0.2, 0.25) is 0 Å². The van der Waals surface area contributed by atoms with Gasteiger partial charge in [0.25, 0.3) is 0 Å². The van der Waals surface area contributed by atoms with Crippen LogP contribution in [0.1, 0.15) is 39.5 Å². The second-order valence-corrected chi connectivity index (χ2v) is 4.47. The third-order valence-corrected chi connectivity index (χ3v) is 3.12. The highest BCUT2D eigenvalue weighted by Crippen LogP contribution is 2.17. The molecule has 0 radical (unpaired) electrons. The molecular formula is C11H18N2OS. The predicted molar refractivity (Wildman–Crippen MR) is 64.0 cm³/mol. The van der Waals surface area contributed by atoms with Crippen LogP contribution in [0.15, 0.2) is 11.6 Å². The third-order valence-electron chi connectivity index (χ3n) is 2.43. The lowest BCUT2D eigenvalue weighted by Gasteiger charge is -2.12. The molecule has 1 heterocycles. The van der Waals surface area contributed by atoms with Gasteiger partial charge in [-0.2, -0.15) is 0 Å². The van der Waals surface area contributed by atoms with E-state index in [9.17, 15) is 4.79 Å². The van der Waals surface area contributed by atoms with Crippen LogP contribution in [-0.2, 0) is 4.79 Å². The molecule has 84 valence electrons. The monoisotopic (exact) mass is 226 g/mol. The summed E-state index contributed by atoms with van der Waals surface area (Å²) in [6.45, 7) is 4.20. The van der Waals surface area contributed by atoms with Gasteiger partial charge in [-0.1, -0.05) is 26.7 Å². The number of carbonyl (C=O) groups excluding carboxylic acids is 1. The van der Waals surface area contributed by atoms with Crippen LogP contribution in [0.5, 0.6) is 0 Å². The van der Waals surface area contributed by atoms with Crippen LogP contribution < -0.4 is 5.32 Å². The normalized spacial score (nSPS) is 12.4. The predicted octanol–water partition coefficient (Wildman–Crippen LogP) is 3.30. The van der Waals surface area contributed by atoms with Crippen molar-refractivity contribution in [1.82, 2.24) is 4.98 Å². The van der Waals surface area contributed by atoms with Gasteiger partial charge in [-0.15, -0.1) is 11.3 Å². The molecule has 0 aliphatic rings. The molecule has 0 saturated heterocycles. The van der Waals surface area contributed by atoms with Crippen LogP contribution in [0.25, 0.3) is 0 Å². The van der Waals surface area contributed by atoms with Gasteiger partial charge in [-0.3, -0.25) is 4.79 Å². The Bertz CT molecular complexity index is 285. The van der Waals surface area contributed by atoms with Crippen molar-refractivity contribution in [2.45, 2.75) is 39.5 Å². The van der Waals surface area contributed by atoms with E-state index in [-0.39, 0.29) is 11.8 Å². The van der Waals surface area contributed by atoms with Crippen molar-refractivity contribution < 1.29 is 4.79 Å². The molecule has 1 amide bonds. The maximum Gasteiger partial charge on any atom is 0.229 e. The Balaban J connectivity index is 2.43. The SMILES string of the molecule is CCCC[C@@H](CC)C(=O)Nc1nccs1. The number of hydrogen-bond acceptors (Lipinski definition) is 3. The molecule has 0 fully saturated rings. The maximum absolute atomic E-state index is 11.8. The number of nitrogens with one attached hydrogen (secondary N) is 1. The van der Waals surface area contributed by atoms with Crippen molar-refractivity contribution in [3.63, 3.8) is 0 Å². The quantitative estimate of drug-likeness (QED) is 0.808. The van der Waals surface area contributed by atoms with Crippen LogP contribution in [0.4, 0.5) is 5.13 Å². The first-order valence-corrected chi connectivity index (χ1v) is 6.36. The Morgan fingerprint density at radius 3 is 2.93 bits per heavy atom. The van der Waals surface area contributed by atoms with Gasteiger partial charge in [0.2, 0.25) is 5.91 Å². The molecule has 1 aromatic heterocycles. The Morgan fingerprint density at radius 2 is 2.40 bits per heavy atom. The highest BCUT2D eigenvalue weighted by Gasteiger charge is 2.16. The molecule has 1 rings (SSSR count). The minimum absolute atomic E-state index is 0.112. The highest BCUT2D eigenvalue weighted by atomic mass is 32.1. The Hall–Kier alpha value is -0.900. The summed E-state index contributed by atoms with van der Waals surface area (Å²) in [6.07, 6.45) is 5.83. The number of carbonyl (C=O) groups is 1. The maximum atomic E-state index is 11.8. The van der Waals surface area contributed by atoms with E-state index in [2.05, 4.69) is 24.1 Å². The van der Waals surface area contributed by atoms with Gasteiger partial charge in [-0.05, 0) is 12.8 Å². The van der Waals surface area contributed by atoms with E-state index in [1.54, 1.807) is 6.20 Å². The third kappa shape index (κ3) is 4.00. The van der Waals surface area contributed by atoms with E-state index >= 15 is 0 Å². The van der Waals surface area contributed by atoms with Crippen molar-refractivity contribution in [3.05, 3.63) is 11.6 Å². The topological polar surface area (TPSA) is 42.0 Å². The molecule has 15 heavy (non-hydrogen) atoms. The first-order chi connectivity index (χ1) is 7.27. The fourth-order valence-electron chi connectivity index (χ4n) is 1.46. The van der Waals surface area contributed by atoms with Crippen LogP contribution in [0.3, 0.4) is 0 Å². The van der Waals surface area contributed by atoms with Crippen LogP contribution in [0, 0.1) is 5.92 Å². The summed E-state index contributed by atoms with van der Waals surface area (Å²) in [7, 11) is 0. The van der Waals surface area contributed by atoms with Crippen molar-refractivity contribution in [2.75, 3.05) is 5.32 Å². The Labute approximate surface area is 94.9 Å². The second-order valence-electron chi connectivity index (χ2n) is 3.57. The number of unbranched alkanes of at least 4 members (excludes halogenated alkanes) is 1. The summed E-state index contributed by atoms with van der Waals surface area (Å²) in [4.78, 5) is 15.8. The van der Waals surface area contributed by atoms with E-state index < -0.39 is 0 Å². The van der Waals surface area contributed by atoms with Gasteiger partial charge < -0.3 is 5.32 Å². The molecule has 0 bridgehead atoms. The average Bonchev–Trinajstić information content (AvgIpc) is 2.71. The van der Waals surface area contributed by atoms with Crippen LogP contribution in [-0.4, -0.2) is 10.9 Å². The lowest BCUT2D eigenvalue weighted by atomic mass is 9.99. The zero-order chi connectivity index (χ0) is 11.1. The molecule has 3 nitrogen and oxygen atoms in total. The number of nitrogens with zero attached hydrogens (tertiary/aromatic N) is 1. The minimum Gasteiger partial charge on any atom is -0.302 e. The average molecular weight is 226 g/mol.